The second-order valence-corrected chi connectivity index (χ2v) is 6.55. The Morgan fingerprint density at radius 3 is 2.62 bits per heavy atom. The van der Waals surface area contributed by atoms with Gasteiger partial charge in [-0.2, -0.15) is 0 Å². The minimum atomic E-state index is 0.830. The van der Waals surface area contributed by atoms with Crippen molar-refractivity contribution in [2.75, 3.05) is 31.2 Å². The highest BCUT2D eigenvalue weighted by Gasteiger charge is 2.10. The van der Waals surface area contributed by atoms with E-state index in [1.165, 1.54) is 16.1 Å². The van der Waals surface area contributed by atoms with Gasteiger partial charge in [-0.25, -0.2) is 4.98 Å². The smallest absolute Gasteiger partial charge is 0.107 e. The number of rotatable bonds is 5. The average Bonchev–Trinajstić information content (AvgIpc) is 2.94. The van der Waals surface area contributed by atoms with Crippen LogP contribution in [-0.4, -0.2) is 31.3 Å². The second kappa shape index (κ2) is 7.02. The maximum absolute atomic E-state index is 5.39. The number of benzene rings is 1. The number of hydrogen-bond acceptors (Lipinski definition) is 5. The summed E-state index contributed by atoms with van der Waals surface area (Å²) < 4.78 is 5.39. The van der Waals surface area contributed by atoms with Crippen molar-refractivity contribution in [1.29, 1.82) is 0 Å². The number of nitrogens with zero attached hydrogens (tertiary/aromatic N) is 2. The third-order valence-corrected chi connectivity index (χ3v) is 4.50. The van der Waals surface area contributed by atoms with Crippen molar-refractivity contribution in [3.05, 3.63) is 45.9 Å². The van der Waals surface area contributed by atoms with Crippen LogP contribution in [0.15, 0.2) is 30.5 Å². The molecule has 0 atom stereocenters. The van der Waals surface area contributed by atoms with E-state index >= 15 is 0 Å². The number of aryl methyl sites for hydroxylation is 1. The lowest BCUT2D eigenvalue weighted by Gasteiger charge is -2.28. The normalized spacial score (nSPS) is 15.4. The average molecular weight is 303 g/mol. The summed E-state index contributed by atoms with van der Waals surface area (Å²) in [6.07, 6.45) is 1.93. The molecular formula is C16H21N3OS. The number of anilines is 1. The fraction of sp³-hybridized carbons (Fsp3) is 0.438. The van der Waals surface area contributed by atoms with Gasteiger partial charge in [0.15, 0.2) is 0 Å². The van der Waals surface area contributed by atoms with Crippen LogP contribution in [0.1, 0.15) is 15.4 Å². The Kier molecular flexibility index (Phi) is 4.85. The Balaban J connectivity index is 1.49. The molecule has 1 aromatic heterocycles. The molecule has 1 saturated heterocycles. The molecule has 0 aliphatic carbocycles. The van der Waals surface area contributed by atoms with Gasteiger partial charge >= 0.3 is 0 Å². The molecular weight excluding hydrogens is 282 g/mol. The summed E-state index contributed by atoms with van der Waals surface area (Å²) in [7, 11) is 0. The molecule has 2 heterocycles. The zero-order chi connectivity index (χ0) is 14.5. The lowest BCUT2D eigenvalue weighted by molar-refractivity contribution is 0.122. The van der Waals surface area contributed by atoms with E-state index in [4.69, 9.17) is 4.74 Å². The number of nitrogens with one attached hydrogen (secondary N) is 1. The fourth-order valence-electron chi connectivity index (χ4n) is 2.44. The SMILES string of the molecule is Cc1cnc(CNCc2ccc(N3CCOCC3)cc2)s1. The van der Waals surface area contributed by atoms with Crippen molar-refractivity contribution < 1.29 is 4.74 Å². The summed E-state index contributed by atoms with van der Waals surface area (Å²) in [5.74, 6) is 0. The van der Waals surface area contributed by atoms with E-state index in [-0.39, 0.29) is 0 Å². The number of thiazole rings is 1. The molecule has 3 rings (SSSR count). The van der Waals surface area contributed by atoms with Gasteiger partial charge in [-0.3, -0.25) is 0 Å². The van der Waals surface area contributed by atoms with Crippen LogP contribution in [0.3, 0.4) is 0 Å². The Morgan fingerprint density at radius 2 is 1.95 bits per heavy atom. The van der Waals surface area contributed by atoms with Gasteiger partial charge in [0.2, 0.25) is 0 Å². The van der Waals surface area contributed by atoms with Crippen LogP contribution >= 0.6 is 11.3 Å². The summed E-state index contributed by atoms with van der Waals surface area (Å²) in [5.41, 5.74) is 2.60. The summed E-state index contributed by atoms with van der Waals surface area (Å²) in [6.45, 7) is 7.44. The molecule has 0 radical (unpaired) electrons. The molecule has 1 aliphatic heterocycles. The largest absolute Gasteiger partial charge is 0.378 e. The zero-order valence-corrected chi connectivity index (χ0v) is 13.2. The molecule has 1 aliphatic rings. The zero-order valence-electron chi connectivity index (χ0n) is 12.3. The summed E-state index contributed by atoms with van der Waals surface area (Å²) in [6, 6.07) is 8.81. The molecule has 4 nitrogen and oxygen atoms in total. The fourth-order valence-corrected chi connectivity index (χ4v) is 3.20. The predicted octanol–water partition coefficient (Wildman–Crippen LogP) is 2.58. The lowest BCUT2D eigenvalue weighted by atomic mass is 10.2. The van der Waals surface area contributed by atoms with Crippen LogP contribution in [0.5, 0.6) is 0 Å². The molecule has 112 valence electrons. The van der Waals surface area contributed by atoms with Crippen molar-refractivity contribution in [3.63, 3.8) is 0 Å². The number of morpholine rings is 1. The molecule has 1 N–H and O–H groups in total. The predicted molar refractivity (Wildman–Crippen MR) is 86.9 cm³/mol. The topological polar surface area (TPSA) is 37.4 Å². The number of ether oxygens (including phenoxy) is 1. The van der Waals surface area contributed by atoms with Gasteiger partial charge in [0.05, 0.1) is 13.2 Å². The van der Waals surface area contributed by atoms with Gasteiger partial charge in [-0.05, 0) is 24.6 Å². The first kappa shape index (κ1) is 14.5. The first-order valence-corrected chi connectivity index (χ1v) is 8.16. The van der Waals surface area contributed by atoms with E-state index in [0.717, 1.165) is 44.4 Å². The van der Waals surface area contributed by atoms with Crippen LogP contribution in [-0.2, 0) is 17.8 Å². The number of aromatic nitrogens is 1. The highest BCUT2D eigenvalue weighted by Crippen LogP contribution is 2.17. The molecule has 2 aromatic rings. The quantitative estimate of drug-likeness (QED) is 0.921. The summed E-state index contributed by atoms with van der Waals surface area (Å²) >= 11 is 1.75. The van der Waals surface area contributed by atoms with Crippen molar-refractivity contribution in [2.45, 2.75) is 20.0 Å². The molecule has 0 unspecified atom stereocenters. The van der Waals surface area contributed by atoms with Gasteiger partial charge in [0.25, 0.3) is 0 Å². The van der Waals surface area contributed by atoms with Crippen LogP contribution < -0.4 is 10.2 Å². The molecule has 21 heavy (non-hydrogen) atoms. The van der Waals surface area contributed by atoms with Crippen molar-refractivity contribution in [3.8, 4) is 0 Å². The van der Waals surface area contributed by atoms with E-state index in [1.54, 1.807) is 11.3 Å². The maximum atomic E-state index is 5.39. The molecule has 0 saturated carbocycles. The van der Waals surface area contributed by atoms with Crippen LogP contribution in [0.4, 0.5) is 5.69 Å². The molecule has 0 spiro atoms. The summed E-state index contributed by atoms with van der Waals surface area (Å²) in [5, 5.41) is 4.60. The second-order valence-electron chi connectivity index (χ2n) is 5.23. The van der Waals surface area contributed by atoms with E-state index in [0.29, 0.717) is 0 Å². The Morgan fingerprint density at radius 1 is 1.19 bits per heavy atom. The monoisotopic (exact) mass is 303 g/mol. The molecule has 0 bridgehead atoms. The van der Waals surface area contributed by atoms with Crippen LogP contribution in [0, 0.1) is 6.92 Å². The Hall–Kier alpha value is -1.43. The summed E-state index contributed by atoms with van der Waals surface area (Å²) in [4.78, 5) is 8.00. The van der Waals surface area contributed by atoms with Crippen molar-refractivity contribution in [2.24, 2.45) is 0 Å². The first-order chi connectivity index (χ1) is 10.3. The van der Waals surface area contributed by atoms with Gasteiger partial charge in [-0.15, -0.1) is 11.3 Å². The third-order valence-electron chi connectivity index (χ3n) is 3.59. The standard InChI is InChI=1S/C16H21N3OS/c1-13-10-18-16(21-13)12-17-11-14-2-4-15(5-3-14)19-6-8-20-9-7-19/h2-5,10,17H,6-9,11-12H2,1H3. The minimum Gasteiger partial charge on any atom is -0.378 e. The van der Waals surface area contributed by atoms with Gasteiger partial charge in [0.1, 0.15) is 5.01 Å². The first-order valence-electron chi connectivity index (χ1n) is 7.35. The van der Waals surface area contributed by atoms with E-state index in [2.05, 4.69) is 46.4 Å². The minimum absolute atomic E-state index is 0.830. The van der Waals surface area contributed by atoms with Gasteiger partial charge in [0, 0.05) is 42.9 Å². The van der Waals surface area contributed by atoms with Crippen molar-refractivity contribution >= 4 is 17.0 Å². The van der Waals surface area contributed by atoms with E-state index in [9.17, 15) is 0 Å². The maximum Gasteiger partial charge on any atom is 0.107 e. The number of hydrogen-bond donors (Lipinski definition) is 1. The van der Waals surface area contributed by atoms with Crippen LogP contribution in [0.2, 0.25) is 0 Å². The molecule has 1 fully saturated rings. The Bertz CT molecular complexity index is 561. The molecule has 1 aromatic carbocycles. The third kappa shape index (κ3) is 4.03. The highest BCUT2D eigenvalue weighted by molar-refractivity contribution is 7.11. The van der Waals surface area contributed by atoms with E-state index < -0.39 is 0 Å². The van der Waals surface area contributed by atoms with Gasteiger partial charge < -0.3 is 15.0 Å². The molecule has 5 heteroatoms. The van der Waals surface area contributed by atoms with E-state index in [1.807, 2.05) is 6.20 Å². The van der Waals surface area contributed by atoms with Crippen LogP contribution in [0.25, 0.3) is 0 Å². The van der Waals surface area contributed by atoms with Gasteiger partial charge in [-0.1, -0.05) is 12.1 Å². The highest BCUT2D eigenvalue weighted by atomic mass is 32.1. The van der Waals surface area contributed by atoms with Crippen molar-refractivity contribution in [1.82, 2.24) is 10.3 Å². The molecule has 0 amide bonds. The lowest BCUT2D eigenvalue weighted by Crippen LogP contribution is -2.36. The Labute approximate surface area is 129 Å².